The number of aliphatic hydroxyl groups is 1. The third kappa shape index (κ3) is 3.75. The Labute approximate surface area is 208 Å². The Kier molecular flexibility index (Phi) is 4.75. The molecule has 1 saturated carbocycles. The molecule has 0 aliphatic heterocycles. The zero-order valence-electron chi connectivity index (χ0n) is 20.4. The van der Waals surface area contributed by atoms with E-state index in [4.69, 9.17) is 15.8 Å². The van der Waals surface area contributed by atoms with Gasteiger partial charge in [0.15, 0.2) is 11.3 Å². The summed E-state index contributed by atoms with van der Waals surface area (Å²) in [5.41, 5.74) is 13.0. The van der Waals surface area contributed by atoms with E-state index in [0.29, 0.717) is 12.8 Å². The first kappa shape index (κ1) is 22.3. The fraction of sp³-hybridized carbons (Fsp3) is 0.321. The van der Waals surface area contributed by atoms with Crippen LogP contribution in [-0.4, -0.2) is 30.3 Å². The van der Waals surface area contributed by atoms with Gasteiger partial charge in [-0.15, -0.1) is 0 Å². The number of thiophene rings is 1. The van der Waals surface area contributed by atoms with Crippen LogP contribution in [0.1, 0.15) is 51.8 Å². The molecular formula is C28H29N5OS. The summed E-state index contributed by atoms with van der Waals surface area (Å²) in [6.45, 7) is 8.29. The Bertz CT molecular complexity index is 1550. The average molecular weight is 484 g/mol. The molecule has 0 bridgehead atoms. The van der Waals surface area contributed by atoms with E-state index < -0.39 is 11.1 Å². The summed E-state index contributed by atoms with van der Waals surface area (Å²) >= 11 is 1.67. The van der Waals surface area contributed by atoms with Crippen molar-refractivity contribution in [3.8, 4) is 22.4 Å². The van der Waals surface area contributed by atoms with Gasteiger partial charge < -0.3 is 10.8 Å². The maximum Gasteiger partial charge on any atom is 0.165 e. The lowest BCUT2D eigenvalue weighted by atomic mass is 9.63. The minimum atomic E-state index is -0.686. The first-order valence-corrected chi connectivity index (χ1v) is 12.8. The Morgan fingerprint density at radius 3 is 2.43 bits per heavy atom. The molecule has 6 nitrogen and oxygen atoms in total. The van der Waals surface area contributed by atoms with Crippen molar-refractivity contribution in [2.75, 3.05) is 0 Å². The van der Waals surface area contributed by atoms with E-state index in [1.165, 1.54) is 0 Å². The Balaban J connectivity index is 1.52. The van der Waals surface area contributed by atoms with Gasteiger partial charge in [-0.2, -0.15) is 21.0 Å². The molecule has 5 aromatic rings. The van der Waals surface area contributed by atoms with Gasteiger partial charge in [0.1, 0.15) is 0 Å². The van der Waals surface area contributed by atoms with Crippen LogP contribution in [0, 0.1) is 0 Å². The van der Waals surface area contributed by atoms with Crippen molar-refractivity contribution < 1.29 is 5.11 Å². The first-order valence-electron chi connectivity index (χ1n) is 11.9. The Hall–Kier alpha value is -3.13. The van der Waals surface area contributed by atoms with E-state index in [1.54, 1.807) is 11.3 Å². The van der Waals surface area contributed by atoms with Crippen LogP contribution in [0.25, 0.3) is 39.1 Å². The van der Waals surface area contributed by atoms with Crippen LogP contribution in [0.4, 0.5) is 0 Å². The maximum atomic E-state index is 10.2. The van der Waals surface area contributed by atoms with Crippen LogP contribution in [-0.2, 0) is 11.0 Å². The molecule has 0 saturated heterocycles. The third-order valence-electron chi connectivity index (χ3n) is 6.98. The number of rotatable bonds is 3. The zero-order valence-corrected chi connectivity index (χ0v) is 21.2. The molecule has 0 spiro atoms. The summed E-state index contributed by atoms with van der Waals surface area (Å²) in [5.74, 6) is 0. The second-order valence-electron chi connectivity index (χ2n) is 11.2. The van der Waals surface area contributed by atoms with Crippen molar-refractivity contribution in [3.05, 3.63) is 70.7 Å². The van der Waals surface area contributed by atoms with E-state index in [9.17, 15) is 5.11 Å². The second-order valence-corrected chi connectivity index (χ2v) is 12.0. The van der Waals surface area contributed by atoms with Gasteiger partial charge >= 0.3 is 0 Å². The molecule has 0 radical (unpaired) electrons. The Morgan fingerprint density at radius 2 is 1.80 bits per heavy atom. The molecule has 3 N–H and O–H groups in total. The summed E-state index contributed by atoms with van der Waals surface area (Å²) in [4.78, 5) is 9.83. The summed E-state index contributed by atoms with van der Waals surface area (Å²) in [5, 5.41) is 20.3. The molecule has 6 rings (SSSR count). The van der Waals surface area contributed by atoms with E-state index in [-0.39, 0.29) is 5.41 Å². The molecule has 0 amide bonds. The maximum absolute atomic E-state index is 10.2. The van der Waals surface area contributed by atoms with Gasteiger partial charge in [0.05, 0.1) is 17.0 Å². The number of hydrogen-bond acceptors (Lipinski definition) is 6. The summed E-state index contributed by atoms with van der Waals surface area (Å²) in [7, 11) is 0. The molecular weight excluding hydrogens is 454 g/mol. The largest absolute Gasteiger partial charge is 0.390 e. The Morgan fingerprint density at radius 1 is 1.06 bits per heavy atom. The zero-order chi connectivity index (χ0) is 24.6. The van der Waals surface area contributed by atoms with Crippen LogP contribution in [0.2, 0.25) is 0 Å². The van der Waals surface area contributed by atoms with Crippen LogP contribution < -0.4 is 5.73 Å². The molecule has 35 heavy (non-hydrogen) atoms. The van der Waals surface area contributed by atoms with Gasteiger partial charge in [0.25, 0.3) is 0 Å². The number of fused-ring (bicyclic) bond motifs is 3. The average Bonchev–Trinajstić information content (AvgIpc) is 3.47. The monoisotopic (exact) mass is 483 g/mol. The number of aromatic nitrogens is 4. The quantitative estimate of drug-likeness (QED) is 0.345. The van der Waals surface area contributed by atoms with Gasteiger partial charge in [-0.25, -0.2) is 9.97 Å². The normalized spacial score (nSPS) is 22.6. The molecule has 178 valence electrons. The summed E-state index contributed by atoms with van der Waals surface area (Å²) in [6, 6.07) is 14.6. The van der Waals surface area contributed by atoms with Gasteiger partial charge in [-0.3, -0.25) is 0 Å². The molecule has 0 atom stereocenters. The lowest BCUT2D eigenvalue weighted by molar-refractivity contribution is -0.0738. The SMILES string of the molecule is CC1(O)CC(N)(c2ccc(-c3nc4c(cnc5cc(C(C)(C)C)nn54)cc3-c3ccsc3)cc2)C1. The molecule has 7 heteroatoms. The van der Waals surface area contributed by atoms with E-state index in [1.807, 2.05) is 23.7 Å². The van der Waals surface area contributed by atoms with E-state index in [2.05, 4.69) is 72.9 Å². The highest BCUT2D eigenvalue weighted by Gasteiger charge is 2.49. The highest BCUT2D eigenvalue weighted by molar-refractivity contribution is 7.08. The molecule has 0 unspecified atom stereocenters. The topological polar surface area (TPSA) is 89.3 Å². The minimum Gasteiger partial charge on any atom is -0.390 e. The molecule has 4 heterocycles. The highest BCUT2D eigenvalue weighted by atomic mass is 32.1. The number of pyridine rings is 1. The predicted molar refractivity (Wildman–Crippen MR) is 141 cm³/mol. The smallest absolute Gasteiger partial charge is 0.165 e. The van der Waals surface area contributed by atoms with Crippen LogP contribution in [0.3, 0.4) is 0 Å². The predicted octanol–water partition coefficient (Wildman–Crippen LogP) is 5.67. The third-order valence-corrected chi connectivity index (χ3v) is 7.67. The van der Waals surface area contributed by atoms with Crippen LogP contribution >= 0.6 is 11.3 Å². The fourth-order valence-corrected chi connectivity index (χ4v) is 5.89. The standard InChI is InChI=1S/C28H29N5OS/c1-26(2,3)22-12-23-30-13-19-11-21(18-9-10-35-14-18)24(31-25(19)33(23)32-22)17-5-7-20(8-6-17)28(29)15-27(4,34)16-28/h5-14,34H,15-16,29H2,1-4H3. The van der Waals surface area contributed by atoms with Crippen molar-refractivity contribution in [2.24, 2.45) is 5.73 Å². The van der Waals surface area contributed by atoms with Crippen LogP contribution in [0.5, 0.6) is 0 Å². The molecule has 4 aromatic heterocycles. The number of hydrogen-bond donors (Lipinski definition) is 2. The van der Waals surface area contributed by atoms with Crippen molar-refractivity contribution in [1.29, 1.82) is 0 Å². The van der Waals surface area contributed by atoms with Gasteiger partial charge in [0.2, 0.25) is 0 Å². The van der Waals surface area contributed by atoms with Gasteiger partial charge in [0, 0.05) is 39.7 Å². The van der Waals surface area contributed by atoms with Crippen molar-refractivity contribution >= 4 is 28.0 Å². The molecule has 1 aliphatic rings. The molecule has 1 fully saturated rings. The van der Waals surface area contributed by atoms with E-state index >= 15 is 0 Å². The highest BCUT2D eigenvalue weighted by Crippen LogP contribution is 2.46. The molecule has 1 aromatic carbocycles. The first-order chi connectivity index (χ1) is 16.5. The summed E-state index contributed by atoms with van der Waals surface area (Å²) < 4.78 is 1.86. The van der Waals surface area contributed by atoms with Crippen LogP contribution in [0.15, 0.2) is 59.4 Å². The van der Waals surface area contributed by atoms with Crippen molar-refractivity contribution in [3.63, 3.8) is 0 Å². The van der Waals surface area contributed by atoms with Gasteiger partial charge in [-0.05, 0) is 53.8 Å². The molecule has 1 aliphatic carbocycles. The number of benzene rings is 1. The number of nitrogens with zero attached hydrogens (tertiary/aromatic N) is 4. The fourth-order valence-electron chi connectivity index (χ4n) is 5.23. The second kappa shape index (κ2) is 7.43. The summed E-state index contributed by atoms with van der Waals surface area (Å²) in [6.07, 6.45) is 3.01. The van der Waals surface area contributed by atoms with Crippen molar-refractivity contribution in [2.45, 2.75) is 57.1 Å². The van der Waals surface area contributed by atoms with E-state index in [0.717, 1.165) is 50.3 Å². The number of nitrogens with two attached hydrogens (primary N) is 1. The van der Waals surface area contributed by atoms with Crippen molar-refractivity contribution in [1.82, 2.24) is 19.6 Å². The lowest BCUT2D eigenvalue weighted by Crippen LogP contribution is -2.58. The van der Waals surface area contributed by atoms with Gasteiger partial charge in [-0.1, -0.05) is 45.0 Å². The minimum absolute atomic E-state index is 0.0837. The lowest BCUT2D eigenvalue weighted by Gasteiger charge is -2.49.